The lowest BCUT2D eigenvalue weighted by atomic mass is 10.0. The second kappa shape index (κ2) is 6.40. The molecular formula is C16H16N6O. The maximum Gasteiger partial charge on any atom is 0.224 e. The van der Waals surface area contributed by atoms with Crippen molar-refractivity contribution in [3.63, 3.8) is 0 Å². The first-order chi connectivity index (χ1) is 11.2. The monoisotopic (exact) mass is 308 g/mol. The van der Waals surface area contributed by atoms with Crippen LogP contribution in [-0.4, -0.2) is 26.8 Å². The molecule has 0 atom stereocenters. The van der Waals surface area contributed by atoms with Crippen molar-refractivity contribution >= 4 is 11.6 Å². The first-order valence-electron chi connectivity index (χ1n) is 7.35. The highest BCUT2D eigenvalue weighted by Gasteiger charge is 2.39. The van der Waals surface area contributed by atoms with Gasteiger partial charge in [-0.25, -0.2) is 0 Å². The molecule has 7 nitrogen and oxygen atoms in total. The number of nitrogens with one attached hydrogen (secondary N) is 2. The van der Waals surface area contributed by atoms with Gasteiger partial charge in [-0.1, -0.05) is 6.07 Å². The summed E-state index contributed by atoms with van der Waals surface area (Å²) in [5.74, 6) is 2.46. The van der Waals surface area contributed by atoms with Gasteiger partial charge in [-0.2, -0.15) is 15.3 Å². The van der Waals surface area contributed by atoms with Crippen molar-refractivity contribution in [2.75, 3.05) is 5.32 Å². The number of hydrogen-bond donors (Lipinski definition) is 2. The number of nitrogens with zero attached hydrogens (tertiary/aromatic N) is 4. The average molecular weight is 308 g/mol. The molecule has 2 N–H and O–H groups in total. The van der Waals surface area contributed by atoms with Gasteiger partial charge in [0.1, 0.15) is 5.69 Å². The molecule has 0 fully saturated rings. The van der Waals surface area contributed by atoms with E-state index >= 15 is 0 Å². The largest absolute Gasteiger partial charge is 0.323 e. The van der Waals surface area contributed by atoms with Gasteiger partial charge in [0.15, 0.2) is 5.66 Å². The Labute approximate surface area is 133 Å². The molecule has 3 rings (SSSR count). The van der Waals surface area contributed by atoms with Gasteiger partial charge in [0.2, 0.25) is 5.91 Å². The maximum absolute atomic E-state index is 12.1. The highest BCUT2D eigenvalue weighted by Crippen LogP contribution is 2.37. The third-order valence-electron chi connectivity index (χ3n) is 3.64. The van der Waals surface area contributed by atoms with Crippen LogP contribution in [0.5, 0.6) is 0 Å². The van der Waals surface area contributed by atoms with Crippen molar-refractivity contribution in [2.45, 2.75) is 31.3 Å². The van der Waals surface area contributed by atoms with Crippen LogP contribution in [0.2, 0.25) is 0 Å². The second-order valence-corrected chi connectivity index (χ2v) is 5.31. The summed E-state index contributed by atoms with van der Waals surface area (Å²) >= 11 is 0. The fourth-order valence-electron chi connectivity index (χ4n) is 2.28. The molecule has 0 aromatic carbocycles. The molecular weight excluding hydrogens is 292 g/mol. The minimum Gasteiger partial charge on any atom is -0.323 e. The summed E-state index contributed by atoms with van der Waals surface area (Å²) in [4.78, 5) is 16.4. The molecule has 0 radical (unpaired) electrons. The second-order valence-electron chi connectivity index (χ2n) is 5.31. The van der Waals surface area contributed by atoms with Gasteiger partial charge in [0, 0.05) is 31.9 Å². The summed E-state index contributed by atoms with van der Waals surface area (Å²) in [5, 5.41) is 17.7. The van der Waals surface area contributed by atoms with E-state index < -0.39 is 5.66 Å². The van der Waals surface area contributed by atoms with E-state index in [0.29, 0.717) is 37.1 Å². The molecule has 0 aliphatic carbocycles. The first-order valence-corrected chi connectivity index (χ1v) is 7.35. The van der Waals surface area contributed by atoms with E-state index in [1.54, 1.807) is 12.4 Å². The number of aromatic amines is 1. The van der Waals surface area contributed by atoms with Crippen molar-refractivity contribution in [1.29, 1.82) is 0 Å². The molecule has 0 spiro atoms. The molecule has 1 aliphatic rings. The minimum atomic E-state index is -0.441. The summed E-state index contributed by atoms with van der Waals surface area (Å²) in [6.45, 7) is 0. The van der Waals surface area contributed by atoms with E-state index in [1.807, 2.05) is 18.2 Å². The van der Waals surface area contributed by atoms with Gasteiger partial charge < -0.3 is 5.32 Å². The van der Waals surface area contributed by atoms with Crippen LogP contribution in [0.15, 0.2) is 40.8 Å². The number of amides is 1. The molecule has 7 heteroatoms. The van der Waals surface area contributed by atoms with Crippen LogP contribution < -0.4 is 5.32 Å². The Morgan fingerprint density at radius 1 is 1.35 bits per heavy atom. The summed E-state index contributed by atoms with van der Waals surface area (Å²) in [6, 6.07) is 5.55. The van der Waals surface area contributed by atoms with Crippen LogP contribution in [0.3, 0.4) is 0 Å². The lowest BCUT2D eigenvalue weighted by Gasteiger charge is -2.09. The number of rotatable bonds is 7. The van der Waals surface area contributed by atoms with Gasteiger partial charge in [0.25, 0.3) is 0 Å². The van der Waals surface area contributed by atoms with Crippen LogP contribution in [0.4, 0.5) is 5.69 Å². The van der Waals surface area contributed by atoms with E-state index in [-0.39, 0.29) is 5.91 Å². The summed E-state index contributed by atoms with van der Waals surface area (Å²) in [6.07, 6.45) is 10.7. The molecule has 23 heavy (non-hydrogen) atoms. The highest BCUT2D eigenvalue weighted by molar-refractivity contribution is 5.94. The number of carbonyl (C=O) groups excluding carboxylic acids is 1. The molecule has 3 heterocycles. The molecule has 2 aromatic heterocycles. The van der Waals surface area contributed by atoms with E-state index in [1.165, 1.54) is 0 Å². The van der Waals surface area contributed by atoms with Gasteiger partial charge >= 0.3 is 0 Å². The number of H-pyrrole nitrogens is 1. The van der Waals surface area contributed by atoms with E-state index in [2.05, 4.69) is 36.6 Å². The Hall–Kier alpha value is -3.01. The lowest BCUT2D eigenvalue weighted by Crippen LogP contribution is -2.17. The minimum absolute atomic E-state index is 0.110. The van der Waals surface area contributed by atoms with Crippen LogP contribution in [0.1, 0.15) is 25.7 Å². The molecule has 0 saturated carbocycles. The molecule has 0 unspecified atom stereocenters. The van der Waals surface area contributed by atoms with Crippen LogP contribution >= 0.6 is 0 Å². The zero-order chi connectivity index (χ0) is 16.1. The van der Waals surface area contributed by atoms with Crippen molar-refractivity contribution in [3.05, 3.63) is 30.6 Å². The Morgan fingerprint density at radius 2 is 2.22 bits per heavy atom. The van der Waals surface area contributed by atoms with Crippen LogP contribution in [0.25, 0.3) is 11.4 Å². The van der Waals surface area contributed by atoms with E-state index in [4.69, 9.17) is 6.42 Å². The number of hydrogen-bond acceptors (Lipinski definition) is 5. The Kier molecular flexibility index (Phi) is 4.15. The molecule has 1 aliphatic heterocycles. The lowest BCUT2D eigenvalue weighted by molar-refractivity contribution is -0.116. The molecule has 0 bridgehead atoms. The van der Waals surface area contributed by atoms with Crippen LogP contribution in [0, 0.1) is 12.3 Å². The van der Waals surface area contributed by atoms with E-state index in [0.717, 1.165) is 5.69 Å². The fourth-order valence-corrected chi connectivity index (χ4v) is 2.28. The average Bonchev–Trinajstić information content (AvgIpc) is 3.21. The fraction of sp³-hybridized carbons (Fsp3) is 0.312. The smallest absolute Gasteiger partial charge is 0.224 e. The van der Waals surface area contributed by atoms with Crippen LogP contribution in [-0.2, 0) is 4.79 Å². The predicted octanol–water partition coefficient (Wildman–Crippen LogP) is 2.77. The van der Waals surface area contributed by atoms with Crippen molar-refractivity contribution in [1.82, 2.24) is 15.2 Å². The molecule has 116 valence electrons. The first kappa shape index (κ1) is 14.9. The summed E-state index contributed by atoms with van der Waals surface area (Å²) in [5.41, 5.74) is 1.57. The van der Waals surface area contributed by atoms with Crippen molar-refractivity contribution in [3.8, 4) is 23.7 Å². The topological polar surface area (TPSA) is 95.4 Å². The van der Waals surface area contributed by atoms with Gasteiger partial charge in [-0.15, -0.1) is 12.3 Å². The third kappa shape index (κ3) is 3.61. The van der Waals surface area contributed by atoms with Gasteiger partial charge in [0.05, 0.1) is 17.6 Å². The Balaban J connectivity index is 1.57. The Bertz CT molecular complexity index is 752. The number of aromatic nitrogens is 3. The number of carbonyl (C=O) groups is 1. The van der Waals surface area contributed by atoms with Crippen molar-refractivity contribution in [2.24, 2.45) is 10.2 Å². The van der Waals surface area contributed by atoms with Gasteiger partial charge in [-0.3, -0.25) is 14.9 Å². The third-order valence-corrected chi connectivity index (χ3v) is 3.64. The van der Waals surface area contributed by atoms with E-state index in [9.17, 15) is 4.79 Å². The summed E-state index contributed by atoms with van der Waals surface area (Å²) in [7, 11) is 0. The SMILES string of the molecule is C#CCCC1(CCC(=O)Nc2cn[nH]c2-c2ccccn2)N=N1. The zero-order valence-corrected chi connectivity index (χ0v) is 12.5. The molecule has 2 aromatic rings. The maximum atomic E-state index is 12.1. The highest BCUT2D eigenvalue weighted by atomic mass is 16.1. The number of pyridine rings is 1. The number of terminal acetylenes is 1. The zero-order valence-electron chi connectivity index (χ0n) is 12.5. The molecule has 0 saturated heterocycles. The number of anilines is 1. The summed E-state index contributed by atoms with van der Waals surface area (Å²) < 4.78 is 0. The standard InChI is InChI=1S/C16H16N6O/c1-2-3-8-16(21-22-16)9-7-14(23)19-13-11-18-20-15(13)12-6-4-5-10-17-12/h1,4-6,10-11H,3,7-9H2,(H,18,20)(H,19,23). The predicted molar refractivity (Wildman–Crippen MR) is 85.3 cm³/mol. The van der Waals surface area contributed by atoms with Gasteiger partial charge in [-0.05, 0) is 12.1 Å². The normalized spacial score (nSPS) is 14.2. The molecule has 1 amide bonds. The van der Waals surface area contributed by atoms with Crippen molar-refractivity contribution < 1.29 is 4.79 Å². The quantitative estimate of drug-likeness (QED) is 0.770. The Morgan fingerprint density at radius 3 is 2.91 bits per heavy atom.